The van der Waals surface area contributed by atoms with E-state index >= 15 is 0 Å². The molecule has 0 spiro atoms. The molecule has 0 aromatic heterocycles. The smallest absolute Gasteiger partial charge is 0.338 e. The molecule has 0 bridgehead atoms. The van der Waals surface area contributed by atoms with Crippen LogP contribution in [-0.2, 0) is 23.8 Å². The topological polar surface area (TPSA) is 61.8 Å². The van der Waals surface area contributed by atoms with E-state index < -0.39 is 11.9 Å². The second-order valence-corrected chi connectivity index (χ2v) is 2.89. The predicted molar refractivity (Wildman–Crippen MR) is 55.0 cm³/mol. The fraction of sp³-hybridized carbons (Fsp3) is 0.273. The quantitative estimate of drug-likeness (QED) is 0.657. The lowest BCUT2D eigenvalue weighted by Gasteiger charge is -2.09. The highest BCUT2D eigenvalue weighted by Gasteiger charge is 2.20. The van der Waals surface area contributed by atoms with Crippen molar-refractivity contribution in [3.05, 3.63) is 35.8 Å². The van der Waals surface area contributed by atoms with Crippen LogP contribution < -0.4 is 0 Å². The first kappa shape index (κ1) is 12.0. The maximum Gasteiger partial charge on any atom is 0.338 e. The van der Waals surface area contributed by atoms with Gasteiger partial charge in [-0.1, -0.05) is 0 Å². The standard InChI is InChI=1S/C11H12O5/c1-14-10(12)8-4-3-6-16-7-5-9(8)11(13)15-2/h3,5-7H,4H2,1-2H3. The number of carbonyl (C=O) groups is 2. The second kappa shape index (κ2) is 5.75. The van der Waals surface area contributed by atoms with Gasteiger partial charge in [-0.05, 0) is 12.2 Å². The summed E-state index contributed by atoms with van der Waals surface area (Å²) in [5, 5.41) is 0. The SMILES string of the molecule is COC(=O)C1=C(C(=O)OC)CC=COC=C1. The van der Waals surface area contributed by atoms with Crippen LogP contribution in [-0.4, -0.2) is 26.2 Å². The number of hydrogen-bond acceptors (Lipinski definition) is 5. The molecule has 5 nitrogen and oxygen atoms in total. The van der Waals surface area contributed by atoms with Gasteiger partial charge in [0.25, 0.3) is 0 Å². The van der Waals surface area contributed by atoms with Gasteiger partial charge in [-0.15, -0.1) is 0 Å². The van der Waals surface area contributed by atoms with Gasteiger partial charge in [-0.25, -0.2) is 9.59 Å². The highest BCUT2D eigenvalue weighted by atomic mass is 16.5. The van der Waals surface area contributed by atoms with Crippen molar-refractivity contribution in [2.75, 3.05) is 14.2 Å². The lowest BCUT2D eigenvalue weighted by Crippen LogP contribution is -2.14. The molecule has 1 aliphatic rings. The Morgan fingerprint density at radius 1 is 1.19 bits per heavy atom. The molecule has 0 atom stereocenters. The second-order valence-electron chi connectivity index (χ2n) is 2.89. The molecule has 16 heavy (non-hydrogen) atoms. The molecule has 0 saturated carbocycles. The van der Waals surface area contributed by atoms with Gasteiger partial charge in [0.1, 0.15) is 0 Å². The molecular formula is C11H12O5. The number of esters is 2. The molecule has 86 valence electrons. The summed E-state index contributed by atoms with van der Waals surface area (Å²) in [6.45, 7) is 0. The average molecular weight is 224 g/mol. The minimum Gasteiger partial charge on any atom is -0.473 e. The third kappa shape index (κ3) is 2.73. The summed E-state index contributed by atoms with van der Waals surface area (Å²) < 4.78 is 14.1. The Morgan fingerprint density at radius 2 is 1.88 bits per heavy atom. The van der Waals surface area contributed by atoms with E-state index in [0.717, 1.165) is 0 Å². The minimum absolute atomic E-state index is 0.138. The van der Waals surface area contributed by atoms with Crippen LogP contribution in [0.3, 0.4) is 0 Å². The molecule has 0 N–H and O–H groups in total. The van der Waals surface area contributed by atoms with Crippen molar-refractivity contribution < 1.29 is 23.8 Å². The van der Waals surface area contributed by atoms with Crippen LogP contribution in [0.2, 0.25) is 0 Å². The zero-order valence-electron chi connectivity index (χ0n) is 9.06. The summed E-state index contributed by atoms with van der Waals surface area (Å²) in [4.78, 5) is 22.9. The third-order valence-electron chi connectivity index (χ3n) is 1.97. The van der Waals surface area contributed by atoms with E-state index in [1.54, 1.807) is 6.08 Å². The van der Waals surface area contributed by atoms with Crippen molar-refractivity contribution >= 4 is 11.9 Å². The number of ether oxygens (including phenoxy) is 3. The predicted octanol–water partition coefficient (Wildman–Crippen LogP) is 1.08. The number of hydrogen-bond donors (Lipinski definition) is 0. The average Bonchev–Trinajstić information content (AvgIpc) is 2.27. The van der Waals surface area contributed by atoms with Crippen LogP contribution in [0, 0.1) is 0 Å². The van der Waals surface area contributed by atoms with Gasteiger partial charge in [0, 0.05) is 6.42 Å². The normalized spacial score (nSPS) is 14.9. The zero-order valence-corrected chi connectivity index (χ0v) is 9.06. The summed E-state index contributed by atoms with van der Waals surface area (Å²) >= 11 is 0. The van der Waals surface area contributed by atoms with Gasteiger partial charge in [0.05, 0.1) is 37.9 Å². The van der Waals surface area contributed by atoms with Crippen molar-refractivity contribution in [3.63, 3.8) is 0 Å². The van der Waals surface area contributed by atoms with E-state index in [1.165, 1.54) is 32.8 Å². The van der Waals surface area contributed by atoms with Crippen molar-refractivity contribution in [1.82, 2.24) is 0 Å². The van der Waals surface area contributed by atoms with Gasteiger partial charge in [-0.2, -0.15) is 0 Å². The number of allylic oxidation sites excluding steroid dienone is 1. The molecule has 0 amide bonds. The van der Waals surface area contributed by atoms with Crippen LogP contribution in [0.4, 0.5) is 0 Å². The first-order valence-electron chi connectivity index (χ1n) is 4.57. The van der Waals surface area contributed by atoms with Crippen LogP contribution in [0.15, 0.2) is 35.8 Å². The first-order valence-corrected chi connectivity index (χ1v) is 4.57. The summed E-state index contributed by atoms with van der Waals surface area (Å²) in [5.41, 5.74) is 0.379. The summed E-state index contributed by atoms with van der Waals surface area (Å²) in [5.74, 6) is -1.16. The molecule has 1 rings (SSSR count). The largest absolute Gasteiger partial charge is 0.473 e. The molecule has 0 aliphatic carbocycles. The zero-order chi connectivity index (χ0) is 12.0. The van der Waals surface area contributed by atoms with E-state index in [4.69, 9.17) is 4.74 Å². The Bertz CT molecular complexity index is 376. The van der Waals surface area contributed by atoms with Crippen molar-refractivity contribution in [2.45, 2.75) is 6.42 Å². The van der Waals surface area contributed by atoms with E-state index in [-0.39, 0.29) is 17.6 Å². The van der Waals surface area contributed by atoms with Gasteiger partial charge >= 0.3 is 11.9 Å². The molecule has 0 aromatic carbocycles. The number of methoxy groups -OCH3 is 2. The van der Waals surface area contributed by atoms with Crippen molar-refractivity contribution in [3.8, 4) is 0 Å². The van der Waals surface area contributed by atoms with Crippen molar-refractivity contribution in [1.29, 1.82) is 0 Å². The number of rotatable bonds is 2. The fourth-order valence-electron chi connectivity index (χ4n) is 1.20. The minimum atomic E-state index is -0.601. The summed E-state index contributed by atoms with van der Waals surface area (Å²) in [6.07, 6.45) is 5.96. The lowest BCUT2D eigenvalue weighted by molar-refractivity contribution is -0.139. The molecule has 0 fully saturated rings. The van der Waals surface area contributed by atoms with Gasteiger partial charge in [0.15, 0.2) is 0 Å². The summed E-state index contributed by atoms with van der Waals surface area (Å²) in [6, 6.07) is 0. The molecular weight excluding hydrogens is 212 g/mol. The Labute approximate surface area is 93.0 Å². The van der Waals surface area contributed by atoms with Crippen molar-refractivity contribution in [2.24, 2.45) is 0 Å². The molecule has 0 aromatic rings. The summed E-state index contributed by atoms with van der Waals surface area (Å²) in [7, 11) is 2.50. The van der Waals surface area contributed by atoms with E-state index in [2.05, 4.69) is 9.47 Å². The van der Waals surface area contributed by atoms with Crippen LogP contribution >= 0.6 is 0 Å². The molecule has 5 heteroatoms. The highest BCUT2D eigenvalue weighted by Crippen LogP contribution is 2.16. The van der Waals surface area contributed by atoms with E-state index in [0.29, 0.717) is 0 Å². The Hall–Kier alpha value is -2.04. The molecule has 0 saturated heterocycles. The monoisotopic (exact) mass is 224 g/mol. The van der Waals surface area contributed by atoms with Crippen LogP contribution in [0.5, 0.6) is 0 Å². The molecule has 1 aliphatic heterocycles. The van der Waals surface area contributed by atoms with E-state index in [9.17, 15) is 9.59 Å². The first-order chi connectivity index (χ1) is 7.70. The van der Waals surface area contributed by atoms with Gasteiger partial charge in [0.2, 0.25) is 0 Å². The molecule has 0 unspecified atom stereocenters. The molecule has 0 radical (unpaired) electrons. The highest BCUT2D eigenvalue weighted by molar-refractivity contribution is 6.02. The third-order valence-corrected chi connectivity index (χ3v) is 1.97. The Balaban J connectivity index is 3.18. The Kier molecular flexibility index (Phi) is 4.32. The number of carbonyl (C=O) groups excluding carboxylic acids is 2. The van der Waals surface area contributed by atoms with Crippen LogP contribution in [0.25, 0.3) is 0 Å². The lowest BCUT2D eigenvalue weighted by atomic mass is 10.0. The van der Waals surface area contributed by atoms with Crippen LogP contribution in [0.1, 0.15) is 6.42 Å². The maximum absolute atomic E-state index is 11.5. The van der Waals surface area contributed by atoms with Gasteiger partial charge < -0.3 is 14.2 Å². The maximum atomic E-state index is 11.5. The van der Waals surface area contributed by atoms with Gasteiger partial charge in [-0.3, -0.25) is 0 Å². The Morgan fingerprint density at radius 3 is 2.50 bits per heavy atom. The van der Waals surface area contributed by atoms with E-state index in [1.807, 2.05) is 0 Å². The molecule has 1 heterocycles. The fourth-order valence-corrected chi connectivity index (χ4v) is 1.20.